The van der Waals surface area contributed by atoms with Gasteiger partial charge in [0, 0.05) is 5.56 Å². The number of benzene rings is 1. The summed E-state index contributed by atoms with van der Waals surface area (Å²) in [5, 5.41) is 8.83. The van der Waals surface area contributed by atoms with Crippen LogP contribution in [0.5, 0.6) is 0 Å². The molecular formula is C11H12FNO5S. The smallest absolute Gasteiger partial charge is 0.335 e. The molecule has 1 aliphatic rings. The molecule has 0 aliphatic carbocycles. The summed E-state index contributed by atoms with van der Waals surface area (Å²) in [5.41, 5.74) is -0.522. The number of halogens is 1. The molecule has 19 heavy (non-hydrogen) atoms. The van der Waals surface area contributed by atoms with Gasteiger partial charge < -0.3 is 9.84 Å². The number of carboxylic acids is 1. The molecule has 8 heteroatoms. The standard InChI is InChI=1S/C11H12FNO5S/c1-6-9(12)2-7(11(14)15)3-10(6)19(16,17)13-8-4-18-5-8/h2-3,8,13H,4-5H2,1H3,(H,14,15). The molecular weight excluding hydrogens is 277 g/mol. The number of carbonyl (C=O) groups is 1. The van der Waals surface area contributed by atoms with Gasteiger partial charge in [-0.2, -0.15) is 0 Å². The fraction of sp³-hybridized carbons (Fsp3) is 0.364. The van der Waals surface area contributed by atoms with E-state index in [-0.39, 0.29) is 29.7 Å². The van der Waals surface area contributed by atoms with Crippen molar-refractivity contribution in [2.24, 2.45) is 0 Å². The predicted molar refractivity (Wildman–Crippen MR) is 63.0 cm³/mol. The van der Waals surface area contributed by atoms with Gasteiger partial charge in [0.1, 0.15) is 5.82 Å². The molecule has 0 radical (unpaired) electrons. The summed E-state index contributed by atoms with van der Waals surface area (Å²) in [6.07, 6.45) is 0. The Bertz CT molecular complexity index is 624. The third-order valence-electron chi connectivity index (χ3n) is 2.79. The Morgan fingerprint density at radius 2 is 2.11 bits per heavy atom. The van der Waals surface area contributed by atoms with E-state index < -0.39 is 27.4 Å². The quantitative estimate of drug-likeness (QED) is 0.842. The summed E-state index contributed by atoms with van der Waals surface area (Å²) in [4.78, 5) is 10.5. The van der Waals surface area contributed by atoms with E-state index in [1.165, 1.54) is 6.92 Å². The van der Waals surface area contributed by atoms with Crippen LogP contribution in [-0.4, -0.2) is 38.7 Å². The second-order valence-electron chi connectivity index (χ2n) is 4.24. The number of carboxylic acid groups (broad SMARTS) is 1. The molecule has 0 aromatic heterocycles. The van der Waals surface area contributed by atoms with E-state index in [0.29, 0.717) is 0 Å². The zero-order chi connectivity index (χ0) is 14.2. The van der Waals surface area contributed by atoms with Crippen LogP contribution in [-0.2, 0) is 14.8 Å². The summed E-state index contributed by atoms with van der Waals surface area (Å²) in [7, 11) is -3.96. The molecule has 2 rings (SSSR count). The number of aromatic carboxylic acids is 1. The highest BCUT2D eigenvalue weighted by Crippen LogP contribution is 2.21. The summed E-state index contributed by atoms with van der Waals surface area (Å²) in [6.45, 7) is 1.78. The van der Waals surface area contributed by atoms with Gasteiger partial charge in [-0.1, -0.05) is 0 Å². The van der Waals surface area contributed by atoms with E-state index in [1.54, 1.807) is 0 Å². The lowest BCUT2D eigenvalue weighted by atomic mass is 10.1. The molecule has 1 aromatic rings. The number of rotatable bonds is 4. The van der Waals surface area contributed by atoms with Crippen molar-refractivity contribution in [3.8, 4) is 0 Å². The first kappa shape index (κ1) is 13.9. The van der Waals surface area contributed by atoms with Crippen LogP contribution >= 0.6 is 0 Å². The first-order valence-corrected chi connectivity index (χ1v) is 6.93. The van der Waals surface area contributed by atoms with Crippen molar-refractivity contribution in [1.29, 1.82) is 0 Å². The van der Waals surface area contributed by atoms with Crippen LogP contribution < -0.4 is 4.72 Å². The van der Waals surface area contributed by atoms with Crippen LogP contribution in [0.1, 0.15) is 15.9 Å². The van der Waals surface area contributed by atoms with Gasteiger partial charge in [-0.3, -0.25) is 0 Å². The minimum absolute atomic E-state index is 0.113. The van der Waals surface area contributed by atoms with Gasteiger partial charge in [-0.05, 0) is 19.1 Å². The molecule has 1 saturated heterocycles. The topological polar surface area (TPSA) is 92.7 Å². The van der Waals surface area contributed by atoms with Gasteiger partial charge >= 0.3 is 5.97 Å². The molecule has 0 spiro atoms. The van der Waals surface area contributed by atoms with Crippen LogP contribution in [0.4, 0.5) is 4.39 Å². The number of nitrogens with one attached hydrogen (secondary N) is 1. The molecule has 1 heterocycles. The molecule has 0 atom stereocenters. The molecule has 1 fully saturated rings. The van der Waals surface area contributed by atoms with Crippen molar-refractivity contribution < 1.29 is 27.4 Å². The second-order valence-corrected chi connectivity index (χ2v) is 5.92. The highest BCUT2D eigenvalue weighted by atomic mass is 32.2. The van der Waals surface area contributed by atoms with Crippen molar-refractivity contribution in [2.45, 2.75) is 17.9 Å². The second kappa shape index (κ2) is 4.87. The van der Waals surface area contributed by atoms with E-state index >= 15 is 0 Å². The Kier molecular flexibility index (Phi) is 3.57. The fourth-order valence-electron chi connectivity index (χ4n) is 1.64. The fourth-order valence-corrected chi connectivity index (χ4v) is 3.13. The highest BCUT2D eigenvalue weighted by Gasteiger charge is 2.28. The third-order valence-corrected chi connectivity index (χ3v) is 4.44. The van der Waals surface area contributed by atoms with E-state index in [9.17, 15) is 17.6 Å². The van der Waals surface area contributed by atoms with E-state index in [1.807, 2.05) is 0 Å². The lowest BCUT2D eigenvalue weighted by Crippen LogP contribution is -2.48. The maximum absolute atomic E-state index is 13.6. The van der Waals surface area contributed by atoms with E-state index in [0.717, 1.165) is 12.1 Å². The summed E-state index contributed by atoms with van der Waals surface area (Å²) in [5.74, 6) is -2.26. The Hall–Kier alpha value is -1.51. The Balaban J connectivity index is 2.44. The monoisotopic (exact) mass is 289 g/mol. The van der Waals surface area contributed by atoms with Crippen molar-refractivity contribution >= 4 is 16.0 Å². The Labute approximate surface area is 109 Å². The Morgan fingerprint density at radius 1 is 1.47 bits per heavy atom. The number of ether oxygens (including phenoxy) is 1. The minimum Gasteiger partial charge on any atom is -0.478 e. The first-order chi connectivity index (χ1) is 8.81. The largest absolute Gasteiger partial charge is 0.478 e. The molecule has 1 aromatic carbocycles. The molecule has 104 valence electrons. The zero-order valence-corrected chi connectivity index (χ0v) is 10.8. The lowest BCUT2D eigenvalue weighted by molar-refractivity contribution is 0.00481. The first-order valence-electron chi connectivity index (χ1n) is 5.45. The number of sulfonamides is 1. The lowest BCUT2D eigenvalue weighted by Gasteiger charge is -2.26. The van der Waals surface area contributed by atoms with Gasteiger partial charge in [0.15, 0.2) is 0 Å². The average Bonchev–Trinajstić information content (AvgIpc) is 2.27. The van der Waals surface area contributed by atoms with Gasteiger partial charge in [-0.25, -0.2) is 22.3 Å². The Morgan fingerprint density at radius 3 is 2.58 bits per heavy atom. The molecule has 6 nitrogen and oxygen atoms in total. The van der Waals surface area contributed by atoms with Gasteiger partial charge in [0.25, 0.3) is 0 Å². The maximum atomic E-state index is 13.6. The van der Waals surface area contributed by atoms with E-state index in [4.69, 9.17) is 9.84 Å². The molecule has 1 aliphatic heterocycles. The van der Waals surface area contributed by atoms with Crippen LogP contribution in [0.2, 0.25) is 0 Å². The van der Waals surface area contributed by atoms with Gasteiger partial charge in [0.05, 0.1) is 29.7 Å². The molecule has 0 bridgehead atoms. The summed E-state index contributed by atoms with van der Waals surface area (Å²) >= 11 is 0. The van der Waals surface area contributed by atoms with Gasteiger partial charge in [-0.15, -0.1) is 0 Å². The molecule has 2 N–H and O–H groups in total. The summed E-state index contributed by atoms with van der Waals surface area (Å²) in [6, 6.07) is 1.38. The van der Waals surface area contributed by atoms with Crippen LogP contribution in [0.3, 0.4) is 0 Å². The van der Waals surface area contributed by atoms with Crippen LogP contribution in [0, 0.1) is 12.7 Å². The minimum atomic E-state index is -3.96. The molecule has 0 unspecified atom stereocenters. The van der Waals surface area contributed by atoms with Crippen molar-refractivity contribution in [1.82, 2.24) is 4.72 Å². The third kappa shape index (κ3) is 2.75. The molecule has 0 saturated carbocycles. The van der Waals surface area contributed by atoms with Crippen molar-refractivity contribution in [3.63, 3.8) is 0 Å². The highest BCUT2D eigenvalue weighted by molar-refractivity contribution is 7.89. The zero-order valence-electron chi connectivity index (χ0n) is 10.0. The number of hydrogen-bond acceptors (Lipinski definition) is 4. The molecule has 0 amide bonds. The van der Waals surface area contributed by atoms with Crippen LogP contribution in [0.25, 0.3) is 0 Å². The SMILES string of the molecule is Cc1c(F)cc(C(=O)O)cc1S(=O)(=O)NC1COC1. The van der Waals surface area contributed by atoms with E-state index in [2.05, 4.69) is 4.72 Å². The van der Waals surface area contributed by atoms with Crippen molar-refractivity contribution in [3.05, 3.63) is 29.1 Å². The maximum Gasteiger partial charge on any atom is 0.335 e. The predicted octanol–water partition coefficient (Wildman–Crippen LogP) is 0.509. The normalized spacial score (nSPS) is 16.1. The number of hydrogen-bond donors (Lipinski definition) is 2. The average molecular weight is 289 g/mol. The summed E-state index contributed by atoms with van der Waals surface area (Å²) < 4.78 is 44.9. The van der Waals surface area contributed by atoms with Crippen molar-refractivity contribution in [2.75, 3.05) is 13.2 Å². The van der Waals surface area contributed by atoms with Crippen LogP contribution in [0.15, 0.2) is 17.0 Å². The van der Waals surface area contributed by atoms with Gasteiger partial charge in [0.2, 0.25) is 10.0 Å².